The van der Waals surface area contributed by atoms with Crippen molar-refractivity contribution in [1.82, 2.24) is 19.7 Å². The molecule has 4 heterocycles. The molecule has 1 aliphatic rings. The van der Waals surface area contributed by atoms with Crippen molar-refractivity contribution in [2.24, 2.45) is 0 Å². The summed E-state index contributed by atoms with van der Waals surface area (Å²) in [4.78, 5) is 19.9. The van der Waals surface area contributed by atoms with Crippen LogP contribution in [-0.2, 0) is 11.3 Å². The monoisotopic (exact) mass is 374 g/mol. The molecule has 1 atom stereocenters. The number of fused-ring (bicyclic) bond motifs is 3. The number of hydrogen-bond donors (Lipinski definition) is 1. The molecule has 0 radical (unpaired) electrons. The number of rotatable bonds is 4. The van der Waals surface area contributed by atoms with Crippen LogP contribution in [0.25, 0.3) is 33.7 Å². The van der Waals surface area contributed by atoms with E-state index < -0.39 is 5.97 Å². The Labute approximate surface area is 160 Å². The molecule has 0 amide bonds. The fraction of sp³-hybridized carbons (Fsp3) is 0.238. The number of carbonyl (C=O) groups is 1. The first-order chi connectivity index (χ1) is 13.6. The van der Waals surface area contributed by atoms with Gasteiger partial charge in [0.2, 0.25) is 5.82 Å². The average Bonchev–Trinajstić information content (AvgIpc) is 3.38. The zero-order valence-electron chi connectivity index (χ0n) is 15.3. The van der Waals surface area contributed by atoms with Crippen LogP contribution >= 0.6 is 0 Å². The largest absolute Gasteiger partial charge is 0.481 e. The summed E-state index contributed by atoms with van der Waals surface area (Å²) in [5.41, 5.74) is 4.77. The number of aromatic nitrogens is 4. The molecule has 28 heavy (non-hydrogen) atoms. The molecule has 0 fully saturated rings. The molecule has 0 bridgehead atoms. The Kier molecular flexibility index (Phi) is 3.75. The van der Waals surface area contributed by atoms with Crippen molar-refractivity contribution in [3.8, 4) is 22.8 Å². The fourth-order valence-electron chi connectivity index (χ4n) is 3.92. The molecule has 0 spiro atoms. The summed E-state index contributed by atoms with van der Waals surface area (Å²) >= 11 is 0. The molecule has 1 N–H and O–H groups in total. The Morgan fingerprint density at radius 3 is 2.89 bits per heavy atom. The van der Waals surface area contributed by atoms with E-state index in [4.69, 9.17) is 9.63 Å². The standard InChI is InChI=1S/C21H18N4O3/c1-12-2-3-15(11-22-12)21-23-20(24-28-21)14-4-5-17-16(8-14)9-18-13(10-19(26)27)6-7-25(17)18/h2-5,8-9,11,13H,6-7,10H2,1H3,(H,26,27). The summed E-state index contributed by atoms with van der Waals surface area (Å²) in [7, 11) is 0. The van der Waals surface area contributed by atoms with Gasteiger partial charge < -0.3 is 14.2 Å². The average molecular weight is 374 g/mol. The number of carboxylic acid groups (broad SMARTS) is 1. The van der Waals surface area contributed by atoms with Crippen molar-refractivity contribution in [2.45, 2.75) is 32.2 Å². The predicted octanol–water partition coefficient (Wildman–Crippen LogP) is 4.02. The van der Waals surface area contributed by atoms with Gasteiger partial charge in [0, 0.05) is 46.5 Å². The van der Waals surface area contributed by atoms with E-state index in [0.717, 1.165) is 46.4 Å². The Morgan fingerprint density at radius 2 is 2.11 bits per heavy atom. The Morgan fingerprint density at radius 1 is 1.25 bits per heavy atom. The molecule has 1 aliphatic heterocycles. The Balaban J connectivity index is 1.49. The molecular weight excluding hydrogens is 356 g/mol. The van der Waals surface area contributed by atoms with Crippen LogP contribution in [0.3, 0.4) is 0 Å². The van der Waals surface area contributed by atoms with Crippen LogP contribution in [0.1, 0.15) is 30.1 Å². The molecule has 0 saturated heterocycles. The number of pyridine rings is 1. The van der Waals surface area contributed by atoms with Crippen molar-refractivity contribution in [3.05, 3.63) is 54.0 Å². The topological polar surface area (TPSA) is 94.0 Å². The van der Waals surface area contributed by atoms with Crippen molar-refractivity contribution >= 4 is 16.9 Å². The van der Waals surface area contributed by atoms with Gasteiger partial charge in [-0.15, -0.1) is 0 Å². The molecule has 5 rings (SSSR count). The number of nitrogens with zero attached hydrogens (tertiary/aromatic N) is 4. The van der Waals surface area contributed by atoms with Gasteiger partial charge in [-0.3, -0.25) is 9.78 Å². The van der Waals surface area contributed by atoms with Gasteiger partial charge in [0.1, 0.15) is 0 Å². The normalized spacial score (nSPS) is 15.8. The van der Waals surface area contributed by atoms with Gasteiger partial charge in [-0.2, -0.15) is 4.98 Å². The van der Waals surface area contributed by atoms with Crippen LogP contribution in [0.5, 0.6) is 0 Å². The van der Waals surface area contributed by atoms with Gasteiger partial charge in [-0.1, -0.05) is 5.16 Å². The summed E-state index contributed by atoms with van der Waals surface area (Å²) in [6.45, 7) is 2.78. The van der Waals surface area contributed by atoms with Crippen LogP contribution in [0, 0.1) is 6.92 Å². The third-order valence-corrected chi connectivity index (χ3v) is 5.32. The van der Waals surface area contributed by atoms with Crippen LogP contribution in [0.15, 0.2) is 47.1 Å². The van der Waals surface area contributed by atoms with Crippen molar-refractivity contribution in [3.63, 3.8) is 0 Å². The quantitative estimate of drug-likeness (QED) is 0.580. The van der Waals surface area contributed by atoms with Gasteiger partial charge in [0.05, 0.1) is 12.0 Å². The first-order valence-electron chi connectivity index (χ1n) is 9.20. The third-order valence-electron chi connectivity index (χ3n) is 5.32. The van der Waals surface area contributed by atoms with E-state index in [9.17, 15) is 4.79 Å². The molecule has 1 unspecified atom stereocenters. The summed E-state index contributed by atoms with van der Waals surface area (Å²) in [5.74, 6) is 0.267. The van der Waals surface area contributed by atoms with Gasteiger partial charge in [-0.05, 0) is 49.7 Å². The highest BCUT2D eigenvalue weighted by Gasteiger charge is 2.26. The molecule has 1 aromatic carbocycles. The highest BCUT2D eigenvalue weighted by molar-refractivity contribution is 5.86. The summed E-state index contributed by atoms with van der Waals surface area (Å²) < 4.78 is 7.62. The van der Waals surface area contributed by atoms with Crippen molar-refractivity contribution < 1.29 is 14.4 Å². The zero-order valence-corrected chi connectivity index (χ0v) is 15.3. The number of carboxylic acids is 1. The maximum Gasteiger partial charge on any atom is 0.304 e. The minimum Gasteiger partial charge on any atom is -0.481 e. The van der Waals surface area contributed by atoms with Gasteiger partial charge in [0.25, 0.3) is 5.89 Å². The lowest BCUT2D eigenvalue weighted by Crippen LogP contribution is -2.02. The van der Waals surface area contributed by atoms with E-state index >= 15 is 0 Å². The lowest BCUT2D eigenvalue weighted by molar-refractivity contribution is -0.137. The molecule has 7 heteroatoms. The fourth-order valence-corrected chi connectivity index (χ4v) is 3.92. The maximum absolute atomic E-state index is 11.1. The first kappa shape index (κ1) is 16.7. The highest BCUT2D eigenvalue weighted by Crippen LogP contribution is 2.37. The second kappa shape index (κ2) is 6.30. The van der Waals surface area contributed by atoms with E-state index in [1.54, 1.807) is 6.20 Å². The van der Waals surface area contributed by atoms with E-state index in [0.29, 0.717) is 11.7 Å². The van der Waals surface area contributed by atoms with Crippen LogP contribution in [0.4, 0.5) is 0 Å². The number of aryl methyl sites for hydroxylation is 2. The van der Waals surface area contributed by atoms with Crippen LogP contribution in [-0.4, -0.2) is 30.8 Å². The summed E-state index contributed by atoms with van der Waals surface area (Å²) in [5, 5.41) is 14.3. The smallest absolute Gasteiger partial charge is 0.304 e. The SMILES string of the molecule is Cc1ccc(-c2nc(-c3ccc4c(c3)cc3n4CCC3CC(=O)O)no2)cn1. The second-order valence-electron chi connectivity index (χ2n) is 7.19. The number of benzene rings is 1. The summed E-state index contributed by atoms with van der Waals surface area (Å²) in [6, 6.07) is 11.9. The van der Waals surface area contributed by atoms with Crippen LogP contribution in [0.2, 0.25) is 0 Å². The van der Waals surface area contributed by atoms with E-state index in [1.807, 2.05) is 37.3 Å². The van der Waals surface area contributed by atoms with E-state index in [-0.39, 0.29) is 12.3 Å². The lowest BCUT2D eigenvalue weighted by Gasteiger charge is -2.04. The Hall–Kier alpha value is -3.48. The Bertz CT molecular complexity index is 1190. The van der Waals surface area contributed by atoms with E-state index in [2.05, 4.69) is 25.8 Å². The molecule has 3 aromatic heterocycles. The van der Waals surface area contributed by atoms with Crippen LogP contribution < -0.4 is 0 Å². The number of aliphatic carboxylic acids is 1. The second-order valence-corrected chi connectivity index (χ2v) is 7.19. The van der Waals surface area contributed by atoms with Gasteiger partial charge >= 0.3 is 5.97 Å². The lowest BCUT2D eigenvalue weighted by atomic mass is 10.0. The molecule has 7 nitrogen and oxygen atoms in total. The molecule has 0 aliphatic carbocycles. The third kappa shape index (κ3) is 2.76. The molecule has 0 saturated carbocycles. The van der Waals surface area contributed by atoms with Gasteiger partial charge in [0.15, 0.2) is 0 Å². The van der Waals surface area contributed by atoms with Crippen molar-refractivity contribution in [2.75, 3.05) is 0 Å². The van der Waals surface area contributed by atoms with E-state index in [1.165, 1.54) is 0 Å². The first-order valence-corrected chi connectivity index (χ1v) is 9.20. The molecular formula is C21H18N4O3. The minimum atomic E-state index is -0.755. The number of hydrogen-bond acceptors (Lipinski definition) is 5. The maximum atomic E-state index is 11.1. The minimum absolute atomic E-state index is 0.0687. The molecule has 140 valence electrons. The molecule has 4 aromatic rings. The van der Waals surface area contributed by atoms with Crippen molar-refractivity contribution in [1.29, 1.82) is 0 Å². The summed E-state index contributed by atoms with van der Waals surface area (Å²) in [6.07, 6.45) is 2.76. The zero-order chi connectivity index (χ0) is 19.3. The predicted molar refractivity (Wildman–Crippen MR) is 103 cm³/mol. The van der Waals surface area contributed by atoms with Gasteiger partial charge in [-0.25, -0.2) is 0 Å². The highest BCUT2D eigenvalue weighted by atomic mass is 16.5.